The molecule has 36 heavy (non-hydrogen) atoms. The first-order valence-corrected chi connectivity index (χ1v) is 12.1. The summed E-state index contributed by atoms with van der Waals surface area (Å²) in [7, 11) is 2.05. The number of halogens is 3. The van der Waals surface area contributed by atoms with Crippen molar-refractivity contribution in [2.45, 2.75) is 40.3 Å². The third kappa shape index (κ3) is 3.15. The van der Waals surface area contributed by atoms with Crippen LogP contribution in [0, 0.1) is 19.3 Å². The highest BCUT2D eigenvalue weighted by atomic mass is 19.4. The molecule has 0 aliphatic carbocycles. The van der Waals surface area contributed by atoms with Crippen molar-refractivity contribution in [3.63, 3.8) is 0 Å². The lowest BCUT2D eigenvalue weighted by Gasteiger charge is -2.28. The molecule has 2 nitrogen and oxygen atoms in total. The van der Waals surface area contributed by atoms with E-state index in [2.05, 4.69) is 42.7 Å². The van der Waals surface area contributed by atoms with Gasteiger partial charge in [-0.15, -0.1) is 0 Å². The third-order valence-corrected chi connectivity index (χ3v) is 7.79. The second kappa shape index (κ2) is 7.45. The van der Waals surface area contributed by atoms with Gasteiger partial charge in [-0.05, 0) is 59.0 Å². The Morgan fingerprint density at radius 2 is 1.50 bits per heavy atom. The summed E-state index contributed by atoms with van der Waals surface area (Å²) in [4.78, 5) is 0. The van der Waals surface area contributed by atoms with Crippen molar-refractivity contribution in [1.82, 2.24) is 0 Å². The number of pyridine rings is 1. The summed E-state index contributed by atoms with van der Waals surface area (Å²) in [5.74, 6) is 1.61. The second-order valence-corrected chi connectivity index (χ2v) is 10.7. The quantitative estimate of drug-likeness (QED) is 0.177. The summed E-state index contributed by atoms with van der Waals surface area (Å²) in [6.07, 6.45) is -2.31. The summed E-state index contributed by atoms with van der Waals surface area (Å²) in [6.45, 7) is 6.74. The SMILES string of the molecule is Cc1c2c(c(C)c3ccccc13)-c1c3c(c4ccc(CC(C)(C)C(F)(F)F)cc4cc3cc[n+]1C)O2. The van der Waals surface area contributed by atoms with Crippen molar-refractivity contribution in [2.75, 3.05) is 0 Å². The van der Waals surface area contributed by atoms with Gasteiger partial charge in [0.1, 0.15) is 18.5 Å². The molecule has 5 aromatic rings. The van der Waals surface area contributed by atoms with Gasteiger partial charge in [-0.2, -0.15) is 13.2 Å². The first kappa shape index (κ1) is 22.8. The lowest BCUT2D eigenvalue weighted by Crippen LogP contribution is -2.34. The van der Waals surface area contributed by atoms with Crippen molar-refractivity contribution in [2.24, 2.45) is 12.5 Å². The highest BCUT2D eigenvalue weighted by Gasteiger charge is 2.47. The van der Waals surface area contributed by atoms with Gasteiger partial charge in [0.15, 0.2) is 6.20 Å². The Labute approximate surface area is 207 Å². The largest absolute Gasteiger partial charge is 0.455 e. The molecule has 0 saturated heterocycles. The topological polar surface area (TPSA) is 13.1 Å². The number of benzene rings is 4. The molecule has 2 heterocycles. The molecule has 0 atom stereocenters. The van der Waals surface area contributed by atoms with Gasteiger partial charge in [0.25, 0.3) is 0 Å². The van der Waals surface area contributed by atoms with E-state index in [1.807, 2.05) is 37.5 Å². The summed E-state index contributed by atoms with van der Waals surface area (Å²) in [5, 5.41) is 6.18. The first-order valence-electron chi connectivity index (χ1n) is 12.1. The molecular formula is C31H27F3NO+. The molecule has 1 aliphatic heterocycles. The maximum atomic E-state index is 13.5. The van der Waals surface area contributed by atoms with Crippen molar-refractivity contribution in [3.05, 3.63) is 77.5 Å². The van der Waals surface area contributed by atoms with Gasteiger partial charge in [0, 0.05) is 17.0 Å². The molecule has 0 fully saturated rings. The number of aryl methyl sites for hydroxylation is 3. The van der Waals surface area contributed by atoms with Crippen LogP contribution in [-0.2, 0) is 13.5 Å². The molecule has 0 radical (unpaired) electrons. The maximum absolute atomic E-state index is 13.5. The molecule has 0 bridgehead atoms. The van der Waals surface area contributed by atoms with Crippen LogP contribution in [0.3, 0.4) is 0 Å². The van der Waals surface area contributed by atoms with Crippen LogP contribution in [0.25, 0.3) is 43.6 Å². The van der Waals surface area contributed by atoms with Crippen LogP contribution < -0.4 is 9.30 Å². The number of hydrogen-bond donors (Lipinski definition) is 0. The molecule has 0 N–H and O–H groups in total. The van der Waals surface area contributed by atoms with Gasteiger partial charge in [-0.1, -0.05) is 56.3 Å². The average Bonchev–Trinajstić information content (AvgIpc) is 2.83. The smallest absolute Gasteiger partial charge is 0.394 e. The minimum atomic E-state index is -4.27. The van der Waals surface area contributed by atoms with Gasteiger partial charge in [0.05, 0.1) is 16.4 Å². The minimum absolute atomic E-state index is 0.0806. The van der Waals surface area contributed by atoms with E-state index >= 15 is 0 Å². The zero-order chi connectivity index (χ0) is 25.6. The molecule has 0 saturated carbocycles. The van der Waals surface area contributed by atoms with Gasteiger partial charge < -0.3 is 4.74 Å². The Balaban J connectivity index is 1.64. The van der Waals surface area contributed by atoms with Crippen LogP contribution in [0.4, 0.5) is 13.2 Å². The summed E-state index contributed by atoms with van der Waals surface area (Å²) in [5.41, 5.74) is 3.29. The standard InChI is InChI=1S/C31H27F3NO/c1-17-22-8-6-7-9-23(22)18(2)28-25(17)27-26-20(12-13-35(27)5)15-21-14-19(10-11-24(21)29(26)36-28)16-30(3,4)31(32,33)34/h6-15H,16H2,1-5H3/q+1. The fourth-order valence-electron chi connectivity index (χ4n) is 5.66. The first-order chi connectivity index (χ1) is 17.0. The molecular weight excluding hydrogens is 459 g/mol. The molecule has 4 aromatic carbocycles. The van der Waals surface area contributed by atoms with E-state index < -0.39 is 11.6 Å². The van der Waals surface area contributed by atoms with Crippen LogP contribution in [0.5, 0.6) is 11.5 Å². The number of fused-ring (bicyclic) bond motifs is 5. The lowest BCUT2D eigenvalue weighted by atomic mass is 9.84. The lowest BCUT2D eigenvalue weighted by molar-refractivity contribution is -0.659. The number of ether oxygens (including phenoxy) is 1. The zero-order valence-electron chi connectivity index (χ0n) is 21.0. The average molecular weight is 487 g/mol. The van der Waals surface area contributed by atoms with E-state index in [1.54, 1.807) is 6.07 Å². The highest BCUT2D eigenvalue weighted by molar-refractivity contribution is 6.13. The molecule has 6 rings (SSSR count). The number of nitrogens with zero attached hydrogens (tertiary/aromatic N) is 1. The number of alkyl halides is 3. The van der Waals surface area contributed by atoms with Crippen LogP contribution in [0.2, 0.25) is 0 Å². The second-order valence-electron chi connectivity index (χ2n) is 10.7. The highest BCUT2D eigenvalue weighted by Crippen LogP contribution is 2.52. The molecule has 182 valence electrons. The maximum Gasteiger partial charge on any atom is 0.394 e. The Kier molecular flexibility index (Phi) is 4.73. The predicted octanol–water partition coefficient (Wildman–Crippen LogP) is 8.49. The van der Waals surface area contributed by atoms with Crippen molar-refractivity contribution in [1.29, 1.82) is 0 Å². The van der Waals surface area contributed by atoms with E-state index in [1.165, 1.54) is 24.8 Å². The van der Waals surface area contributed by atoms with Crippen LogP contribution in [-0.4, -0.2) is 6.18 Å². The van der Waals surface area contributed by atoms with Crippen LogP contribution >= 0.6 is 0 Å². The Morgan fingerprint density at radius 3 is 2.19 bits per heavy atom. The molecule has 0 unspecified atom stereocenters. The molecule has 0 spiro atoms. The van der Waals surface area contributed by atoms with Crippen LogP contribution in [0.15, 0.2) is 60.8 Å². The Morgan fingerprint density at radius 1 is 0.806 bits per heavy atom. The predicted molar refractivity (Wildman–Crippen MR) is 139 cm³/mol. The Hall–Kier alpha value is -3.60. The van der Waals surface area contributed by atoms with E-state index in [0.717, 1.165) is 55.3 Å². The van der Waals surface area contributed by atoms with Gasteiger partial charge in [-0.25, -0.2) is 4.57 Å². The van der Waals surface area contributed by atoms with Crippen molar-refractivity contribution >= 4 is 32.3 Å². The minimum Gasteiger partial charge on any atom is -0.455 e. The Bertz CT molecular complexity index is 1730. The molecule has 0 amide bonds. The normalized spacial score (nSPS) is 13.3. The van der Waals surface area contributed by atoms with Crippen LogP contribution in [0.1, 0.15) is 30.5 Å². The van der Waals surface area contributed by atoms with E-state index in [-0.39, 0.29) is 6.42 Å². The van der Waals surface area contributed by atoms with Gasteiger partial charge >= 0.3 is 6.18 Å². The molecule has 1 aromatic heterocycles. The molecule has 5 heteroatoms. The fraction of sp³-hybridized carbons (Fsp3) is 0.258. The zero-order valence-corrected chi connectivity index (χ0v) is 21.0. The monoisotopic (exact) mass is 486 g/mol. The van der Waals surface area contributed by atoms with Crippen molar-refractivity contribution < 1.29 is 22.5 Å². The number of hydrogen-bond acceptors (Lipinski definition) is 1. The summed E-state index contributed by atoms with van der Waals surface area (Å²) >= 11 is 0. The van der Waals surface area contributed by atoms with E-state index in [4.69, 9.17) is 4.74 Å². The third-order valence-electron chi connectivity index (χ3n) is 7.79. The number of aromatic nitrogens is 1. The number of rotatable bonds is 2. The fourth-order valence-corrected chi connectivity index (χ4v) is 5.66. The van der Waals surface area contributed by atoms with Gasteiger partial charge in [0.2, 0.25) is 5.69 Å². The van der Waals surface area contributed by atoms with E-state index in [9.17, 15) is 13.2 Å². The van der Waals surface area contributed by atoms with Gasteiger partial charge in [-0.3, -0.25) is 0 Å². The summed E-state index contributed by atoms with van der Waals surface area (Å²) < 4.78 is 49.5. The molecule has 1 aliphatic rings. The van der Waals surface area contributed by atoms with E-state index in [0.29, 0.717) is 5.56 Å². The van der Waals surface area contributed by atoms with Crippen molar-refractivity contribution in [3.8, 4) is 22.8 Å². The summed E-state index contributed by atoms with van der Waals surface area (Å²) in [6, 6.07) is 18.1.